The van der Waals surface area contributed by atoms with Crippen LogP contribution in [0.15, 0.2) is 18.3 Å². The van der Waals surface area contributed by atoms with Gasteiger partial charge in [-0.25, -0.2) is 4.98 Å². The topological polar surface area (TPSA) is 94.3 Å². The van der Waals surface area contributed by atoms with Crippen molar-refractivity contribution in [1.29, 1.82) is 0 Å². The minimum Gasteiger partial charge on any atom is -0.475 e. The highest BCUT2D eigenvalue weighted by atomic mass is 16.5. The molecule has 0 aliphatic carbocycles. The smallest absolute Gasteiger partial charge is 0.253 e. The highest BCUT2D eigenvalue weighted by Gasteiger charge is 2.14. The van der Waals surface area contributed by atoms with Crippen LogP contribution in [0, 0.1) is 0 Å². The van der Waals surface area contributed by atoms with E-state index < -0.39 is 17.9 Å². The molecule has 0 fully saturated rings. The van der Waals surface area contributed by atoms with Crippen LogP contribution in [0.25, 0.3) is 0 Å². The summed E-state index contributed by atoms with van der Waals surface area (Å²) in [6.07, 6.45) is 1.41. The van der Waals surface area contributed by atoms with Crippen molar-refractivity contribution in [2.75, 3.05) is 0 Å². The summed E-state index contributed by atoms with van der Waals surface area (Å²) < 4.78 is 5.35. The van der Waals surface area contributed by atoms with Crippen molar-refractivity contribution >= 4 is 11.8 Å². The van der Waals surface area contributed by atoms with Gasteiger partial charge >= 0.3 is 0 Å². The summed E-state index contributed by atoms with van der Waals surface area (Å²) in [5.74, 6) is -0.537. The second-order valence-corrected chi connectivity index (χ2v) is 4.15. The minimum absolute atomic E-state index is 0.0204. The van der Waals surface area contributed by atoms with E-state index in [2.05, 4.69) is 10.3 Å². The van der Waals surface area contributed by atoms with Gasteiger partial charge in [0.15, 0.2) is 0 Å². The number of amides is 2. The highest BCUT2D eigenvalue weighted by molar-refractivity contribution is 5.96. The Bertz CT molecular complexity index is 429. The second-order valence-electron chi connectivity index (χ2n) is 4.15. The molecule has 3 N–H and O–H groups in total. The van der Waals surface area contributed by atoms with Crippen LogP contribution in [-0.2, 0) is 4.79 Å². The van der Waals surface area contributed by atoms with E-state index in [9.17, 15) is 9.59 Å². The van der Waals surface area contributed by atoms with Crippen molar-refractivity contribution in [2.45, 2.75) is 32.9 Å². The standard InChI is InChI=1S/C12H17N3O3/c1-7(2)18-10-5-4-9(6-14-10)12(17)15-8(3)11(13)16/h4-8H,1-3H3,(H2,13,16)(H,15,17). The number of aromatic nitrogens is 1. The first-order valence-corrected chi connectivity index (χ1v) is 5.63. The fraction of sp³-hybridized carbons (Fsp3) is 0.417. The number of nitrogens with zero attached hydrogens (tertiary/aromatic N) is 1. The number of hydrogen-bond acceptors (Lipinski definition) is 4. The van der Waals surface area contributed by atoms with Crippen LogP contribution in [0.1, 0.15) is 31.1 Å². The Morgan fingerprint density at radius 1 is 1.33 bits per heavy atom. The number of hydrogen-bond donors (Lipinski definition) is 2. The van der Waals surface area contributed by atoms with Crippen LogP contribution in [0.4, 0.5) is 0 Å². The van der Waals surface area contributed by atoms with E-state index in [1.807, 2.05) is 13.8 Å². The fourth-order valence-electron chi connectivity index (χ4n) is 1.18. The summed E-state index contributed by atoms with van der Waals surface area (Å²) >= 11 is 0. The summed E-state index contributed by atoms with van der Waals surface area (Å²) in [4.78, 5) is 26.5. The molecule has 0 saturated heterocycles. The Labute approximate surface area is 106 Å². The summed E-state index contributed by atoms with van der Waals surface area (Å²) in [7, 11) is 0. The molecule has 1 rings (SSSR count). The maximum atomic E-state index is 11.7. The number of primary amides is 1. The number of ether oxygens (including phenoxy) is 1. The lowest BCUT2D eigenvalue weighted by molar-refractivity contribution is -0.119. The molecular formula is C12H17N3O3. The normalized spacial score (nSPS) is 12.0. The van der Waals surface area contributed by atoms with Crippen molar-refractivity contribution in [3.05, 3.63) is 23.9 Å². The van der Waals surface area contributed by atoms with E-state index in [0.717, 1.165) is 0 Å². The fourth-order valence-corrected chi connectivity index (χ4v) is 1.18. The maximum Gasteiger partial charge on any atom is 0.253 e. The molecule has 1 aromatic heterocycles. The molecule has 0 aromatic carbocycles. The van der Waals surface area contributed by atoms with Gasteiger partial charge in [0, 0.05) is 12.3 Å². The molecule has 0 bridgehead atoms. The monoisotopic (exact) mass is 251 g/mol. The molecule has 0 spiro atoms. The van der Waals surface area contributed by atoms with Crippen LogP contribution >= 0.6 is 0 Å². The summed E-state index contributed by atoms with van der Waals surface area (Å²) in [6, 6.07) is 2.46. The second kappa shape index (κ2) is 6.00. The molecule has 0 aliphatic heterocycles. The van der Waals surface area contributed by atoms with Crippen LogP contribution in [0.3, 0.4) is 0 Å². The number of carbonyl (C=O) groups is 2. The highest BCUT2D eigenvalue weighted by Crippen LogP contribution is 2.09. The average molecular weight is 251 g/mol. The van der Waals surface area contributed by atoms with Gasteiger partial charge in [0.25, 0.3) is 5.91 Å². The van der Waals surface area contributed by atoms with Gasteiger partial charge in [0.05, 0.1) is 11.7 Å². The first-order chi connectivity index (χ1) is 8.40. The Kier molecular flexibility index (Phi) is 4.65. The van der Waals surface area contributed by atoms with Crippen molar-refractivity contribution in [3.63, 3.8) is 0 Å². The van der Waals surface area contributed by atoms with E-state index in [4.69, 9.17) is 10.5 Å². The maximum absolute atomic E-state index is 11.7. The van der Waals surface area contributed by atoms with E-state index in [0.29, 0.717) is 11.4 Å². The molecular weight excluding hydrogens is 234 g/mol. The zero-order chi connectivity index (χ0) is 13.7. The largest absolute Gasteiger partial charge is 0.475 e. The quantitative estimate of drug-likeness (QED) is 0.795. The third-order valence-electron chi connectivity index (χ3n) is 2.13. The molecule has 1 atom stereocenters. The van der Waals surface area contributed by atoms with Gasteiger partial charge in [-0.05, 0) is 26.8 Å². The van der Waals surface area contributed by atoms with Gasteiger partial charge in [-0.1, -0.05) is 0 Å². The van der Waals surface area contributed by atoms with Gasteiger partial charge in [-0.15, -0.1) is 0 Å². The molecule has 1 heterocycles. The van der Waals surface area contributed by atoms with Crippen molar-refractivity contribution in [1.82, 2.24) is 10.3 Å². The zero-order valence-electron chi connectivity index (χ0n) is 10.6. The number of pyridine rings is 1. The van der Waals surface area contributed by atoms with Crippen LogP contribution in [-0.4, -0.2) is 28.9 Å². The molecule has 18 heavy (non-hydrogen) atoms. The number of carbonyl (C=O) groups excluding carboxylic acids is 2. The first-order valence-electron chi connectivity index (χ1n) is 5.63. The lowest BCUT2D eigenvalue weighted by atomic mass is 10.2. The van der Waals surface area contributed by atoms with Gasteiger partial charge in [-0.2, -0.15) is 0 Å². The summed E-state index contributed by atoms with van der Waals surface area (Å²) in [5, 5.41) is 2.46. The lowest BCUT2D eigenvalue weighted by Crippen LogP contribution is -2.42. The van der Waals surface area contributed by atoms with E-state index in [1.165, 1.54) is 13.1 Å². The van der Waals surface area contributed by atoms with Gasteiger partial charge in [0.2, 0.25) is 11.8 Å². The average Bonchev–Trinajstić information content (AvgIpc) is 2.28. The summed E-state index contributed by atoms with van der Waals surface area (Å²) in [6.45, 7) is 5.29. The predicted molar refractivity (Wildman–Crippen MR) is 66.1 cm³/mol. The minimum atomic E-state index is -0.718. The zero-order valence-corrected chi connectivity index (χ0v) is 10.6. The molecule has 1 aromatic rings. The van der Waals surface area contributed by atoms with Gasteiger partial charge in [0.1, 0.15) is 6.04 Å². The summed E-state index contributed by atoms with van der Waals surface area (Å²) in [5.41, 5.74) is 5.40. The number of nitrogens with one attached hydrogen (secondary N) is 1. The Morgan fingerprint density at radius 3 is 2.44 bits per heavy atom. The van der Waals surface area contributed by atoms with Crippen molar-refractivity contribution < 1.29 is 14.3 Å². The molecule has 98 valence electrons. The van der Waals surface area contributed by atoms with Crippen molar-refractivity contribution in [2.24, 2.45) is 5.73 Å². The number of rotatable bonds is 5. The molecule has 1 unspecified atom stereocenters. The van der Waals surface area contributed by atoms with E-state index >= 15 is 0 Å². The third kappa shape index (κ3) is 4.04. The third-order valence-corrected chi connectivity index (χ3v) is 2.13. The Hall–Kier alpha value is -2.11. The van der Waals surface area contributed by atoms with E-state index in [-0.39, 0.29) is 6.10 Å². The van der Waals surface area contributed by atoms with Crippen LogP contribution in [0.5, 0.6) is 5.88 Å². The lowest BCUT2D eigenvalue weighted by Gasteiger charge is -2.11. The Morgan fingerprint density at radius 2 is 2.00 bits per heavy atom. The molecule has 0 radical (unpaired) electrons. The first kappa shape index (κ1) is 14.0. The van der Waals surface area contributed by atoms with Gasteiger partial charge in [-0.3, -0.25) is 9.59 Å². The molecule has 2 amide bonds. The SMILES string of the molecule is CC(C)Oc1ccc(C(=O)NC(C)C(N)=O)cn1. The molecule has 6 nitrogen and oxygen atoms in total. The molecule has 6 heteroatoms. The van der Waals surface area contributed by atoms with Gasteiger partial charge < -0.3 is 15.8 Å². The predicted octanol–water partition coefficient (Wildman–Crippen LogP) is 0.472. The van der Waals surface area contributed by atoms with Crippen LogP contribution in [0.2, 0.25) is 0 Å². The van der Waals surface area contributed by atoms with Crippen LogP contribution < -0.4 is 15.8 Å². The van der Waals surface area contributed by atoms with E-state index in [1.54, 1.807) is 12.1 Å². The van der Waals surface area contributed by atoms with Crippen molar-refractivity contribution in [3.8, 4) is 5.88 Å². The number of nitrogens with two attached hydrogens (primary N) is 1. The molecule has 0 saturated carbocycles. The Balaban J connectivity index is 2.67. The molecule has 0 aliphatic rings.